The molecular formula is C18H14N6O4S. The lowest BCUT2D eigenvalue weighted by Gasteiger charge is -2.10. The number of ketones is 1. The Balaban J connectivity index is 1.66. The Morgan fingerprint density at radius 1 is 1.24 bits per heavy atom. The third-order valence-corrected chi connectivity index (χ3v) is 5.60. The average molecular weight is 410 g/mol. The molecule has 0 spiro atoms. The standard InChI is InChI=1S/C18H14N6O4S/c1-23-18(20-21-22-23)29-16-7-5-12(24(27)28)9-14(16)17(26)19-11-4-2-10-3-6-15(25)13(10)8-11/h2,4-5,7-9H,3,6H2,1H3,(H,19,26). The van der Waals surface area contributed by atoms with E-state index in [1.807, 2.05) is 6.07 Å². The van der Waals surface area contributed by atoms with E-state index in [-0.39, 0.29) is 17.0 Å². The number of benzene rings is 2. The molecule has 1 amide bonds. The number of rotatable bonds is 5. The van der Waals surface area contributed by atoms with Crippen LogP contribution in [0.4, 0.5) is 11.4 Å². The Hall–Kier alpha value is -3.60. The summed E-state index contributed by atoms with van der Waals surface area (Å²) < 4.78 is 1.43. The van der Waals surface area contributed by atoms with Gasteiger partial charge >= 0.3 is 0 Å². The number of aryl methyl sites for hydroxylation is 2. The van der Waals surface area contributed by atoms with Gasteiger partial charge in [0.15, 0.2) is 5.78 Å². The molecule has 0 fully saturated rings. The number of nitro groups is 1. The molecule has 0 bridgehead atoms. The van der Waals surface area contributed by atoms with Crippen LogP contribution in [0.5, 0.6) is 0 Å². The largest absolute Gasteiger partial charge is 0.322 e. The van der Waals surface area contributed by atoms with Crippen molar-refractivity contribution >= 4 is 34.8 Å². The molecule has 0 unspecified atom stereocenters. The van der Waals surface area contributed by atoms with Crippen molar-refractivity contribution in [2.45, 2.75) is 22.9 Å². The number of anilines is 1. The van der Waals surface area contributed by atoms with E-state index in [9.17, 15) is 19.7 Å². The third-order valence-electron chi connectivity index (χ3n) is 4.49. The van der Waals surface area contributed by atoms with Crippen LogP contribution < -0.4 is 5.32 Å². The molecule has 0 saturated carbocycles. The van der Waals surface area contributed by atoms with E-state index in [1.165, 1.54) is 22.9 Å². The van der Waals surface area contributed by atoms with E-state index >= 15 is 0 Å². The molecule has 2 aromatic carbocycles. The number of Topliss-reactive ketones (excluding diaryl/α,β-unsaturated/α-hetero) is 1. The van der Waals surface area contributed by atoms with Gasteiger partial charge in [-0.3, -0.25) is 19.7 Å². The lowest BCUT2D eigenvalue weighted by atomic mass is 10.1. The fraction of sp³-hybridized carbons (Fsp3) is 0.167. The Bertz CT molecular complexity index is 1160. The van der Waals surface area contributed by atoms with Crippen molar-refractivity contribution in [1.29, 1.82) is 0 Å². The van der Waals surface area contributed by atoms with Crippen LogP contribution in [0, 0.1) is 10.1 Å². The van der Waals surface area contributed by atoms with Gasteiger partial charge in [-0.05, 0) is 52.4 Å². The lowest BCUT2D eigenvalue weighted by molar-refractivity contribution is -0.384. The molecule has 0 aliphatic heterocycles. The zero-order valence-corrected chi connectivity index (χ0v) is 16.0. The minimum atomic E-state index is -0.566. The second kappa shape index (κ2) is 7.43. The zero-order valence-electron chi connectivity index (χ0n) is 15.2. The Morgan fingerprint density at radius 2 is 2.07 bits per heavy atom. The van der Waals surface area contributed by atoms with Gasteiger partial charge in [-0.25, -0.2) is 4.68 Å². The van der Waals surface area contributed by atoms with Crippen LogP contribution in [0.15, 0.2) is 46.5 Å². The highest BCUT2D eigenvalue weighted by molar-refractivity contribution is 7.99. The summed E-state index contributed by atoms with van der Waals surface area (Å²) in [5, 5.41) is 25.5. The summed E-state index contributed by atoms with van der Waals surface area (Å²) in [7, 11) is 1.65. The van der Waals surface area contributed by atoms with Crippen molar-refractivity contribution in [3.63, 3.8) is 0 Å². The number of fused-ring (bicyclic) bond motifs is 1. The van der Waals surface area contributed by atoms with Gasteiger partial charge in [0.05, 0.1) is 10.5 Å². The first-order valence-electron chi connectivity index (χ1n) is 8.58. The maximum atomic E-state index is 12.9. The number of aromatic nitrogens is 4. The van der Waals surface area contributed by atoms with Gasteiger partial charge in [0.1, 0.15) is 0 Å². The van der Waals surface area contributed by atoms with Crippen molar-refractivity contribution in [3.8, 4) is 0 Å². The summed E-state index contributed by atoms with van der Waals surface area (Å²) in [4.78, 5) is 35.9. The number of hydrogen-bond acceptors (Lipinski definition) is 8. The first-order valence-corrected chi connectivity index (χ1v) is 9.40. The van der Waals surface area contributed by atoms with Gasteiger partial charge in [0, 0.05) is 41.7 Å². The van der Waals surface area contributed by atoms with Crippen LogP contribution in [0.3, 0.4) is 0 Å². The highest BCUT2D eigenvalue weighted by atomic mass is 32.2. The smallest absolute Gasteiger partial charge is 0.270 e. The fourth-order valence-corrected chi connectivity index (χ4v) is 3.86. The summed E-state index contributed by atoms with van der Waals surface area (Å²) in [5.41, 5.74) is 1.90. The van der Waals surface area contributed by atoms with Crippen LogP contribution in [0.1, 0.15) is 32.7 Å². The number of nitrogens with one attached hydrogen (secondary N) is 1. The van der Waals surface area contributed by atoms with E-state index < -0.39 is 10.8 Å². The first kappa shape index (κ1) is 18.7. The van der Waals surface area contributed by atoms with Gasteiger partial charge in [0.2, 0.25) is 5.16 Å². The molecular weight excluding hydrogens is 396 g/mol. The second-order valence-corrected chi connectivity index (χ2v) is 7.38. The molecule has 1 aliphatic rings. The molecule has 0 radical (unpaired) electrons. The monoisotopic (exact) mass is 410 g/mol. The molecule has 0 saturated heterocycles. The number of non-ortho nitro benzene ring substituents is 1. The normalized spacial score (nSPS) is 12.7. The lowest BCUT2D eigenvalue weighted by Crippen LogP contribution is -2.14. The van der Waals surface area contributed by atoms with Crippen LogP contribution in [-0.2, 0) is 13.5 Å². The minimum Gasteiger partial charge on any atom is -0.322 e. The van der Waals surface area contributed by atoms with E-state index in [0.29, 0.717) is 34.1 Å². The predicted molar refractivity (Wildman–Crippen MR) is 103 cm³/mol. The maximum absolute atomic E-state index is 12.9. The summed E-state index contributed by atoms with van der Waals surface area (Å²) >= 11 is 1.12. The third kappa shape index (κ3) is 3.72. The van der Waals surface area contributed by atoms with Crippen molar-refractivity contribution in [3.05, 3.63) is 63.2 Å². The predicted octanol–water partition coefficient (Wildman–Crippen LogP) is 2.65. The molecule has 3 aromatic rings. The van der Waals surface area contributed by atoms with Crippen LogP contribution in [-0.4, -0.2) is 36.8 Å². The molecule has 1 aromatic heterocycles. The zero-order chi connectivity index (χ0) is 20.5. The Morgan fingerprint density at radius 3 is 2.79 bits per heavy atom. The van der Waals surface area contributed by atoms with Gasteiger partial charge in [-0.15, -0.1) is 5.10 Å². The molecule has 4 rings (SSSR count). The summed E-state index contributed by atoms with van der Waals surface area (Å²) in [5.74, 6) is -0.491. The minimum absolute atomic E-state index is 0.0393. The van der Waals surface area contributed by atoms with Gasteiger partial charge in [-0.1, -0.05) is 6.07 Å². The number of tetrazole rings is 1. The van der Waals surface area contributed by atoms with Crippen molar-refractivity contribution in [2.75, 3.05) is 5.32 Å². The van der Waals surface area contributed by atoms with Crippen LogP contribution >= 0.6 is 11.8 Å². The SMILES string of the molecule is Cn1nnnc1Sc1ccc([N+](=O)[O-])cc1C(=O)Nc1ccc2c(c1)C(=O)CC2. The fourth-order valence-electron chi connectivity index (χ4n) is 3.02. The number of amides is 1. The van der Waals surface area contributed by atoms with E-state index in [1.54, 1.807) is 19.2 Å². The quantitative estimate of drug-likeness (QED) is 0.501. The molecule has 1 N–H and O–H groups in total. The van der Waals surface area contributed by atoms with E-state index in [0.717, 1.165) is 17.3 Å². The van der Waals surface area contributed by atoms with Gasteiger partial charge in [-0.2, -0.15) is 0 Å². The molecule has 11 heteroatoms. The molecule has 29 heavy (non-hydrogen) atoms. The number of carbonyl (C=O) groups is 2. The summed E-state index contributed by atoms with van der Waals surface area (Å²) in [6, 6.07) is 9.17. The van der Waals surface area contributed by atoms with Crippen molar-refractivity contribution in [1.82, 2.24) is 20.2 Å². The highest BCUT2D eigenvalue weighted by Gasteiger charge is 2.22. The summed E-state index contributed by atoms with van der Waals surface area (Å²) in [6.45, 7) is 0. The molecule has 1 heterocycles. The topological polar surface area (TPSA) is 133 Å². The number of hydrogen-bond donors (Lipinski definition) is 1. The van der Waals surface area contributed by atoms with Gasteiger partial charge < -0.3 is 5.32 Å². The average Bonchev–Trinajstić information content (AvgIpc) is 3.27. The van der Waals surface area contributed by atoms with Crippen LogP contribution in [0.25, 0.3) is 0 Å². The highest BCUT2D eigenvalue weighted by Crippen LogP contribution is 2.32. The Labute approximate surface area is 168 Å². The molecule has 1 aliphatic carbocycles. The second-order valence-electron chi connectivity index (χ2n) is 6.37. The Kier molecular flexibility index (Phi) is 4.80. The summed E-state index contributed by atoms with van der Waals surface area (Å²) in [6.07, 6.45) is 1.16. The maximum Gasteiger partial charge on any atom is 0.270 e. The molecule has 146 valence electrons. The van der Waals surface area contributed by atoms with E-state index in [4.69, 9.17) is 0 Å². The molecule has 10 nitrogen and oxygen atoms in total. The number of carbonyl (C=O) groups excluding carboxylic acids is 2. The number of nitro benzene ring substituents is 1. The van der Waals surface area contributed by atoms with E-state index in [2.05, 4.69) is 20.8 Å². The van der Waals surface area contributed by atoms with Crippen LogP contribution in [0.2, 0.25) is 0 Å². The van der Waals surface area contributed by atoms with Crippen molar-refractivity contribution < 1.29 is 14.5 Å². The molecule has 0 atom stereocenters. The van der Waals surface area contributed by atoms with Crippen molar-refractivity contribution in [2.24, 2.45) is 7.05 Å². The van der Waals surface area contributed by atoms with Gasteiger partial charge in [0.25, 0.3) is 11.6 Å². The first-order chi connectivity index (χ1) is 13.9. The number of nitrogens with zero attached hydrogens (tertiary/aromatic N) is 5.